The van der Waals surface area contributed by atoms with Crippen molar-refractivity contribution >= 4 is 46.0 Å². The molecular weight excluding hydrogens is 418 g/mol. The van der Waals surface area contributed by atoms with Gasteiger partial charge in [0.05, 0.1) is 25.2 Å². The van der Waals surface area contributed by atoms with Crippen molar-refractivity contribution in [1.82, 2.24) is 20.4 Å². The second kappa shape index (κ2) is 10.3. The van der Waals surface area contributed by atoms with Gasteiger partial charge in [0.25, 0.3) is 0 Å². The number of anilines is 1. The van der Waals surface area contributed by atoms with E-state index in [0.29, 0.717) is 42.8 Å². The molecule has 3 heterocycles. The number of thioether (sulfide) groups is 1. The first kappa shape index (κ1) is 21.1. The fraction of sp³-hybridized carbons (Fsp3) is 0.471. The minimum absolute atomic E-state index is 0.116. The van der Waals surface area contributed by atoms with Gasteiger partial charge in [0.2, 0.25) is 11.0 Å². The highest BCUT2D eigenvalue weighted by atomic mass is 32.2. The number of nitrogens with zero attached hydrogens (tertiary/aromatic N) is 4. The van der Waals surface area contributed by atoms with Crippen LogP contribution in [0.5, 0.6) is 0 Å². The summed E-state index contributed by atoms with van der Waals surface area (Å²) in [5.74, 6) is -0.616. The van der Waals surface area contributed by atoms with E-state index in [9.17, 15) is 14.4 Å². The molecule has 0 aliphatic carbocycles. The SMILES string of the molecule is CCOC(=O)C(=O)N1CCN(c2nnc(SCC(=O)NCc3ccco3)s2)CC1. The summed E-state index contributed by atoms with van der Waals surface area (Å²) in [5, 5.41) is 11.8. The Hall–Kier alpha value is -2.60. The minimum atomic E-state index is -0.819. The largest absolute Gasteiger partial charge is 0.467 e. The minimum Gasteiger partial charge on any atom is -0.467 e. The molecule has 1 fully saturated rings. The zero-order chi connectivity index (χ0) is 20.6. The molecule has 0 unspecified atom stereocenters. The highest BCUT2D eigenvalue weighted by molar-refractivity contribution is 8.01. The Morgan fingerprint density at radius 3 is 2.76 bits per heavy atom. The zero-order valence-electron chi connectivity index (χ0n) is 15.8. The molecule has 0 atom stereocenters. The summed E-state index contributed by atoms with van der Waals surface area (Å²) in [7, 11) is 0. The normalized spacial score (nSPS) is 14.0. The van der Waals surface area contributed by atoms with Crippen LogP contribution in [-0.4, -0.2) is 71.4 Å². The predicted octanol–water partition coefficient (Wildman–Crippen LogP) is 0.751. The van der Waals surface area contributed by atoms with E-state index in [2.05, 4.69) is 15.5 Å². The lowest BCUT2D eigenvalue weighted by Crippen LogP contribution is -2.51. The van der Waals surface area contributed by atoms with E-state index in [1.54, 1.807) is 25.3 Å². The quantitative estimate of drug-likeness (QED) is 0.379. The van der Waals surface area contributed by atoms with Gasteiger partial charge in [-0.25, -0.2) is 4.79 Å². The van der Waals surface area contributed by atoms with E-state index in [-0.39, 0.29) is 18.3 Å². The molecular formula is C17H21N5O5S2. The van der Waals surface area contributed by atoms with Crippen LogP contribution < -0.4 is 10.2 Å². The molecule has 1 aliphatic rings. The van der Waals surface area contributed by atoms with Gasteiger partial charge in [0.1, 0.15) is 5.76 Å². The van der Waals surface area contributed by atoms with Crippen LogP contribution in [0.1, 0.15) is 12.7 Å². The molecule has 12 heteroatoms. The van der Waals surface area contributed by atoms with E-state index >= 15 is 0 Å². The number of carbonyl (C=O) groups is 3. The summed E-state index contributed by atoms with van der Waals surface area (Å²) in [5.41, 5.74) is 0. The molecule has 3 rings (SSSR count). The molecule has 1 saturated heterocycles. The van der Waals surface area contributed by atoms with Crippen molar-refractivity contribution in [3.8, 4) is 0 Å². The molecule has 0 spiro atoms. The number of piperazine rings is 1. The molecule has 2 amide bonds. The summed E-state index contributed by atoms with van der Waals surface area (Å²) in [6, 6.07) is 3.57. The van der Waals surface area contributed by atoms with Gasteiger partial charge in [-0.05, 0) is 19.1 Å². The molecule has 156 valence electrons. The first-order valence-corrected chi connectivity index (χ1v) is 10.8. The van der Waals surface area contributed by atoms with Crippen LogP contribution in [-0.2, 0) is 25.7 Å². The van der Waals surface area contributed by atoms with Crippen LogP contribution in [0.3, 0.4) is 0 Å². The van der Waals surface area contributed by atoms with Crippen molar-refractivity contribution in [2.45, 2.75) is 17.8 Å². The average Bonchev–Trinajstić information content (AvgIpc) is 3.42. The van der Waals surface area contributed by atoms with Crippen LogP contribution >= 0.6 is 23.1 Å². The third-order valence-corrected chi connectivity index (χ3v) is 6.17. The maximum atomic E-state index is 12.0. The van der Waals surface area contributed by atoms with Gasteiger partial charge in [0.15, 0.2) is 4.34 Å². The Morgan fingerprint density at radius 2 is 2.07 bits per heavy atom. The molecule has 0 radical (unpaired) electrons. The number of carbonyl (C=O) groups excluding carboxylic acids is 3. The van der Waals surface area contributed by atoms with Crippen LogP contribution in [0.15, 0.2) is 27.2 Å². The summed E-state index contributed by atoms with van der Waals surface area (Å²) in [4.78, 5) is 38.9. The van der Waals surface area contributed by atoms with E-state index in [1.165, 1.54) is 28.0 Å². The number of amides is 2. The standard InChI is InChI=1S/C17H21N5O5S2/c1-2-26-15(25)14(24)21-5-7-22(8-6-21)16-19-20-17(29-16)28-11-13(23)18-10-12-4-3-9-27-12/h3-4,9H,2,5-8,10-11H2,1H3,(H,18,23). The van der Waals surface area contributed by atoms with Crippen molar-refractivity contribution in [3.05, 3.63) is 24.2 Å². The van der Waals surface area contributed by atoms with Crippen molar-refractivity contribution in [3.63, 3.8) is 0 Å². The summed E-state index contributed by atoms with van der Waals surface area (Å²) in [6.45, 7) is 4.11. The first-order chi connectivity index (χ1) is 14.1. The van der Waals surface area contributed by atoms with Crippen molar-refractivity contribution in [2.24, 2.45) is 0 Å². The molecule has 0 aromatic carbocycles. The van der Waals surface area contributed by atoms with Crippen molar-refractivity contribution < 1.29 is 23.5 Å². The highest BCUT2D eigenvalue weighted by Gasteiger charge is 2.28. The fourth-order valence-electron chi connectivity index (χ4n) is 2.59. The average molecular weight is 440 g/mol. The Kier molecular flexibility index (Phi) is 7.47. The van der Waals surface area contributed by atoms with Crippen LogP contribution in [0.4, 0.5) is 5.13 Å². The Bertz CT molecular complexity index is 833. The maximum absolute atomic E-state index is 12.0. The van der Waals surface area contributed by atoms with Gasteiger partial charge in [-0.15, -0.1) is 10.2 Å². The lowest BCUT2D eigenvalue weighted by Gasteiger charge is -2.33. The summed E-state index contributed by atoms with van der Waals surface area (Å²) < 4.78 is 10.6. The second-order valence-electron chi connectivity index (χ2n) is 6.00. The molecule has 10 nitrogen and oxygen atoms in total. The van der Waals surface area contributed by atoms with Gasteiger partial charge in [0, 0.05) is 26.2 Å². The highest BCUT2D eigenvalue weighted by Crippen LogP contribution is 2.28. The lowest BCUT2D eigenvalue weighted by molar-refractivity contribution is -0.160. The molecule has 2 aromatic rings. The van der Waals surface area contributed by atoms with E-state index < -0.39 is 11.9 Å². The summed E-state index contributed by atoms with van der Waals surface area (Å²) >= 11 is 2.71. The topological polar surface area (TPSA) is 118 Å². The molecule has 1 aliphatic heterocycles. The molecule has 0 bridgehead atoms. The fourth-order valence-corrected chi connectivity index (χ4v) is 4.31. The van der Waals surface area contributed by atoms with Crippen molar-refractivity contribution in [1.29, 1.82) is 0 Å². The van der Waals surface area contributed by atoms with Crippen LogP contribution in [0.25, 0.3) is 0 Å². The monoisotopic (exact) mass is 439 g/mol. The zero-order valence-corrected chi connectivity index (χ0v) is 17.5. The maximum Gasteiger partial charge on any atom is 0.397 e. The van der Waals surface area contributed by atoms with Gasteiger partial charge >= 0.3 is 11.9 Å². The third kappa shape index (κ3) is 5.94. The molecule has 1 N–H and O–H groups in total. The Morgan fingerprint density at radius 1 is 1.28 bits per heavy atom. The number of rotatable bonds is 7. The Balaban J connectivity index is 1.41. The number of furan rings is 1. The van der Waals surface area contributed by atoms with Gasteiger partial charge in [-0.2, -0.15) is 0 Å². The number of esters is 1. The van der Waals surface area contributed by atoms with Gasteiger partial charge < -0.3 is 24.3 Å². The number of nitrogens with one attached hydrogen (secondary N) is 1. The Labute approximate surface area is 175 Å². The van der Waals surface area contributed by atoms with E-state index in [4.69, 9.17) is 9.15 Å². The van der Waals surface area contributed by atoms with Crippen molar-refractivity contribution in [2.75, 3.05) is 43.4 Å². The molecule has 0 saturated carbocycles. The number of aromatic nitrogens is 2. The predicted molar refractivity (Wildman–Crippen MR) is 107 cm³/mol. The van der Waals surface area contributed by atoms with E-state index in [0.717, 1.165) is 5.13 Å². The first-order valence-electron chi connectivity index (χ1n) is 9.03. The smallest absolute Gasteiger partial charge is 0.397 e. The van der Waals surface area contributed by atoms with Crippen LogP contribution in [0.2, 0.25) is 0 Å². The lowest BCUT2D eigenvalue weighted by atomic mass is 10.3. The summed E-state index contributed by atoms with van der Waals surface area (Å²) in [6.07, 6.45) is 1.56. The van der Waals surface area contributed by atoms with E-state index in [1.807, 2.05) is 4.90 Å². The molecule has 2 aromatic heterocycles. The number of hydrogen-bond acceptors (Lipinski definition) is 10. The molecule has 29 heavy (non-hydrogen) atoms. The van der Waals surface area contributed by atoms with Gasteiger partial charge in [-0.1, -0.05) is 23.1 Å². The van der Waals surface area contributed by atoms with Gasteiger partial charge in [-0.3, -0.25) is 9.59 Å². The second-order valence-corrected chi connectivity index (χ2v) is 8.17. The third-order valence-electron chi connectivity index (χ3n) is 4.05. The van der Waals surface area contributed by atoms with Crippen LogP contribution in [0, 0.1) is 0 Å². The number of ether oxygens (including phenoxy) is 1. The number of hydrogen-bond donors (Lipinski definition) is 1.